The van der Waals surface area contributed by atoms with Crippen molar-refractivity contribution >= 4 is 15.9 Å². The van der Waals surface area contributed by atoms with Crippen LogP contribution in [0.5, 0.6) is 0 Å². The molecule has 1 aromatic rings. The summed E-state index contributed by atoms with van der Waals surface area (Å²) in [5.41, 5.74) is 1.26. The molecule has 98 valence electrons. The van der Waals surface area contributed by atoms with Crippen molar-refractivity contribution in [1.29, 1.82) is 0 Å². The molecule has 3 heterocycles. The second-order valence-corrected chi connectivity index (χ2v) is 6.30. The van der Waals surface area contributed by atoms with Gasteiger partial charge in [0.2, 0.25) is 0 Å². The Balaban J connectivity index is 1.57. The van der Waals surface area contributed by atoms with Crippen molar-refractivity contribution in [2.24, 2.45) is 0 Å². The highest BCUT2D eigenvalue weighted by Crippen LogP contribution is 2.27. The molecule has 0 spiro atoms. The predicted molar refractivity (Wildman–Crippen MR) is 76.4 cm³/mol. The fraction of sp³-hybridized carbons (Fsp3) is 0.643. The number of nitrogens with one attached hydrogen (secondary N) is 1. The van der Waals surface area contributed by atoms with E-state index >= 15 is 0 Å². The van der Waals surface area contributed by atoms with E-state index in [4.69, 9.17) is 0 Å². The largest absolute Gasteiger partial charge is 0.308 e. The summed E-state index contributed by atoms with van der Waals surface area (Å²) in [6.07, 6.45) is 9.24. The molecule has 18 heavy (non-hydrogen) atoms. The van der Waals surface area contributed by atoms with Gasteiger partial charge in [-0.05, 0) is 53.4 Å². The Morgan fingerprint density at radius 2 is 2.22 bits per heavy atom. The molecule has 0 bridgehead atoms. The molecule has 1 aromatic heterocycles. The molecule has 2 aliphatic heterocycles. The summed E-state index contributed by atoms with van der Waals surface area (Å²) >= 11 is 3.47. The monoisotopic (exact) mass is 309 g/mol. The molecule has 2 saturated heterocycles. The smallest absolute Gasteiger partial charge is 0.0410 e. The third-order valence-corrected chi connectivity index (χ3v) is 4.62. The van der Waals surface area contributed by atoms with Crippen molar-refractivity contribution in [3.63, 3.8) is 0 Å². The number of aromatic nitrogens is 1. The topological polar surface area (TPSA) is 28.2 Å². The summed E-state index contributed by atoms with van der Waals surface area (Å²) in [6.45, 7) is 3.52. The van der Waals surface area contributed by atoms with Crippen molar-refractivity contribution in [1.82, 2.24) is 15.2 Å². The van der Waals surface area contributed by atoms with E-state index in [0.717, 1.165) is 17.1 Å². The average molecular weight is 310 g/mol. The van der Waals surface area contributed by atoms with Crippen LogP contribution in [0.4, 0.5) is 0 Å². The molecule has 2 aliphatic rings. The molecule has 1 N–H and O–H groups in total. The van der Waals surface area contributed by atoms with Crippen LogP contribution in [0.25, 0.3) is 0 Å². The zero-order chi connectivity index (χ0) is 12.4. The van der Waals surface area contributed by atoms with Gasteiger partial charge in [-0.1, -0.05) is 6.42 Å². The van der Waals surface area contributed by atoms with Crippen LogP contribution in [0.2, 0.25) is 0 Å². The minimum absolute atomic E-state index is 0.671. The van der Waals surface area contributed by atoms with E-state index in [2.05, 4.69) is 37.2 Å². The van der Waals surface area contributed by atoms with E-state index in [1.165, 1.54) is 44.3 Å². The van der Waals surface area contributed by atoms with Gasteiger partial charge in [0.1, 0.15) is 0 Å². The molecule has 3 rings (SSSR count). The SMILES string of the molecule is Brc1cncc(CNC2CCN3CCCCC23)c1. The van der Waals surface area contributed by atoms with Crippen LogP contribution >= 0.6 is 15.9 Å². The Labute approximate surface area is 117 Å². The van der Waals surface area contributed by atoms with Crippen LogP contribution in [0.3, 0.4) is 0 Å². The van der Waals surface area contributed by atoms with Gasteiger partial charge in [-0.15, -0.1) is 0 Å². The first-order valence-corrected chi connectivity index (χ1v) is 7.69. The zero-order valence-corrected chi connectivity index (χ0v) is 12.2. The maximum Gasteiger partial charge on any atom is 0.0410 e. The molecule has 3 nitrogen and oxygen atoms in total. The number of piperidine rings is 1. The van der Waals surface area contributed by atoms with E-state index in [-0.39, 0.29) is 0 Å². The van der Waals surface area contributed by atoms with Gasteiger partial charge in [0, 0.05) is 42.0 Å². The lowest BCUT2D eigenvalue weighted by Gasteiger charge is -2.32. The molecule has 0 aromatic carbocycles. The van der Waals surface area contributed by atoms with E-state index < -0.39 is 0 Å². The average Bonchev–Trinajstić information content (AvgIpc) is 2.80. The standard InChI is InChI=1S/C14H20BrN3/c15-12-7-11(8-16-10-12)9-17-13-4-6-18-5-2-1-3-14(13)18/h7-8,10,13-14,17H,1-6,9H2. The molecule has 4 heteroatoms. The van der Waals surface area contributed by atoms with Gasteiger partial charge >= 0.3 is 0 Å². The van der Waals surface area contributed by atoms with Crippen LogP contribution < -0.4 is 5.32 Å². The van der Waals surface area contributed by atoms with E-state index in [1.807, 2.05) is 12.4 Å². The van der Waals surface area contributed by atoms with E-state index in [1.54, 1.807) is 0 Å². The van der Waals surface area contributed by atoms with Crippen molar-refractivity contribution in [3.05, 3.63) is 28.5 Å². The van der Waals surface area contributed by atoms with Crippen LogP contribution in [0.1, 0.15) is 31.2 Å². The Hall–Kier alpha value is -0.450. The van der Waals surface area contributed by atoms with Gasteiger partial charge in [0.25, 0.3) is 0 Å². The van der Waals surface area contributed by atoms with E-state index in [0.29, 0.717) is 6.04 Å². The molecule has 0 amide bonds. The summed E-state index contributed by atoms with van der Waals surface area (Å²) in [5.74, 6) is 0. The number of nitrogens with zero attached hydrogens (tertiary/aromatic N) is 2. The number of hydrogen-bond donors (Lipinski definition) is 1. The van der Waals surface area contributed by atoms with Gasteiger partial charge in [-0.25, -0.2) is 0 Å². The lowest BCUT2D eigenvalue weighted by atomic mass is 9.99. The van der Waals surface area contributed by atoms with Crippen LogP contribution in [0.15, 0.2) is 22.9 Å². The maximum absolute atomic E-state index is 4.21. The van der Waals surface area contributed by atoms with Crippen molar-refractivity contribution < 1.29 is 0 Å². The molecular weight excluding hydrogens is 290 g/mol. The van der Waals surface area contributed by atoms with Gasteiger partial charge in [0.05, 0.1) is 0 Å². The Morgan fingerprint density at radius 1 is 1.28 bits per heavy atom. The second kappa shape index (κ2) is 5.68. The normalized spacial score (nSPS) is 28.3. The van der Waals surface area contributed by atoms with Crippen LogP contribution in [0, 0.1) is 0 Å². The number of halogens is 1. The summed E-state index contributed by atoms with van der Waals surface area (Å²) in [5, 5.41) is 3.72. The maximum atomic E-state index is 4.21. The first-order valence-electron chi connectivity index (χ1n) is 6.90. The van der Waals surface area contributed by atoms with Crippen LogP contribution in [-0.2, 0) is 6.54 Å². The predicted octanol–water partition coefficient (Wildman–Crippen LogP) is 2.56. The summed E-state index contributed by atoms with van der Waals surface area (Å²) in [6, 6.07) is 3.59. The highest BCUT2D eigenvalue weighted by molar-refractivity contribution is 9.10. The zero-order valence-electron chi connectivity index (χ0n) is 10.6. The summed E-state index contributed by atoms with van der Waals surface area (Å²) in [7, 11) is 0. The fourth-order valence-electron chi connectivity index (χ4n) is 3.29. The molecule has 0 radical (unpaired) electrons. The Kier molecular flexibility index (Phi) is 3.97. The Morgan fingerprint density at radius 3 is 3.11 bits per heavy atom. The van der Waals surface area contributed by atoms with Gasteiger partial charge in [-0.2, -0.15) is 0 Å². The van der Waals surface area contributed by atoms with Crippen molar-refractivity contribution in [2.45, 2.75) is 44.3 Å². The highest BCUT2D eigenvalue weighted by atomic mass is 79.9. The third kappa shape index (κ3) is 2.76. The first-order chi connectivity index (χ1) is 8.83. The van der Waals surface area contributed by atoms with Gasteiger partial charge < -0.3 is 5.32 Å². The second-order valence-electron chi connectivity index (χ2n) is 5.39. The van der Waals surface area contributed by atoms with E-state index in [9.17, 15) is 0 Å². The minimum Gasteiger partial charge on any atom is -0.308 e. The third-order valence-electron chi connectivity index (χ3n) is 4.19. The summed E-state index contributed by atoms with van der Waals surface area (Å²) < 4.78 is 1.06. The molecule has 2 unspecified atom stereocenters. The Bertz CT molecular complexity index is 410. The number of rotatable bonds is 3. The summed E-state index contributed by atoms with van der Waals surface area (Å²) in [4.78, 5) is 6.88. The first kappa shape index (κ1) is 12.6. The van der Waals surface area contributed by atoms with Gasteiger partial charge in [-0.3, -0.25) is 9.88 Å². The molecule has 0 saturated carbocycles. The number of fused-ring (bicyclic) bond motifs is 1. The lowest BCUT2D eigenvalue weighted by Crippen LogP contribution is -2.44. The number of pyridine rings is 1. The molecular formula is C14H20BrN3. The fourth-order valence-corrected chi connectivity index (χ4v) is 3.70. The molecule has 2 atom stereocenters. The van der Waals surface area contributed by atoms with Crippen molar-refractivity contribution in [2.75, 3.05) is 13.1 Å². The lowest BCUT2D eigenvalue weighted by molar-refractivity contribution is 0.180. The number of hydrogen-bond acceptors (Lipinski definition) is 3. The molecule has 2 fully saturated rings. The quantitative estimate of drug-likeness (QED) is 0.930. The molecule has 0 aliphatic carbocycles. The van der Waals surface area contributed by atoms with Gasteiger partial charge in [0.15, 0.2) is 0 Å². The van der Waals surface area contributed by atoms with Crippen LogP contribution in [-0.4, -0.2) is 35.1 Å². The minimum atomic E-state index is 0.671. The van der Waals surface area contributed by atoms with Crippen molar-refractivity contribution in [3.8, 4) is 0 Å². The highest BCUT2D eigenvalue weighted by Gasteiger charge is 2.34.